The molecule has 0 saturated carbocycles. The molecule has 2 rings (SSSR count). The predicted molar refractivity (Wildman–Crippen MR) is 84.9 cm³/mol. The standard InChI is InChI=1S/C19H18F3NO/c1-3-4-14-5-9-17(10-6-14)19(21,22)24-13(2)15-7-8-16(12-23)18(20)11-15/h5-11,13H,3-4H2,1-2H3. The summed E-state index contributed by atoms with van der Waals surface area (Å²) in [6.07, 6.45) is -2.76. The Morgan fingerprint density at radius 3 is 2.38 bits per heavy atom. The second-order valence-electron chi connectivity index (χ2n) is 5.57. The lowest BCUT2D eigenvalue weighted by molar-refractivity contribution is -0.272. The second kappa shape index (κ2) is 7.50. The van der Waals surface area contributed by atoms with Gasteiger partial charge in [-0.05, 0) is 36.6 Å². The van der Waals surface area contributed by atoms with Gasteiger partial charge in [0.25, 0.3) is 0 Å². The summed E-state index contributed by atoms with van der Waals surface area (Å²) in [5, 5.41) is 8.70. The van der Waals surface area contributed by atoms with Crippen LogP contribution < -0.4 is 0 Å². The zero-order valence-electron chi connectivity index (χ0n) is 13.5. The number of hydrogen-bond acceptors (Lipinski definition) is 2. The molecule has 0 N–H and O–H groups in total. The number of nitriles is 1. The van der Waals surface area contributed by atoms with Crippen molar-refractivity contribution in [3.63, 3.8) is 0 Å². The summed E-state index contributed by atoms with van der Waals surface area (Å²) < 4.78 is 47.0. The predicted octanol–water partition coefficient (Wildman–Crippen LogP) is 5.48. The third-order valence-electron chi connectivity index (χ3n) is 3.74. The first-order valence-electron chi connectivity index (χ1n) is 7.72. The SMILES string of the molecule is CCCc1ccc(C(F)(F)OC(C)c2ccc(C#N)c(F)c2)cc1. The number of halogens is 3. The third kappa shape index (κ3) is 4.15. The summed E-state index contributed by atoms with van der Waals surface area (Å²) >= 11 is 0. The monoisotopic (exact) mass is 333 g/mol. The van der Waals surface area contributed by atoms with Crippen LogP contribution in [0.2, 0.25) is 0 Å². The van der Waals surface area contributed by atoms with E-state index in [0.717, 1.165) is 24.5 Å². The van der Waals surface area contributed by atoms with Crippen LogP contribution in [0.4, 0.5) is 13.2 Å². The molecule has 2 aromatic rings. The Kier molecular flexibility index (Phi) is 5.63. The Bertz CT molecular complexity index is 735. The van der Waals surface area contributed by atoms with Crippen molar-refractivity contribution in [1.82, 2.24) is 0 Å². The van der Waals surface area contributed by atoms with E-state index in [0.29, 0.717) is 0 Å². The number of alkyl halides is 2. The fourth-order valence-corrected chi connectivity index (χ4v) is 2.39. The summed E-state index contributed by atoms with van der Waals surface area (Å²) in [6, 6.07) is 11.4. The van der Waals surface area contributed by atoms with E-state index >= 15 is 0 Å². The molecule has 0 aliphatic carbocycles. The fraction of sp³-hybridized carbons (Fsp3) is 0.316. The van der Waals surface area contributed by atoms with E-state index in [9.17, 15) is 13.2 Å². The van der Waals surface area contributed by atoms with Crippen molar-refractivity contribution < 1.29 is 17.9 Å². The minimum absolute atomic E-state index is 0.135. The third-order valence-corrected chi connectivity index (χ3v) is 3.74. The quantitative estimate of drug-likeness (QED) is 0.701. The molecule has 0 fully saturated rings. The summed E-state index contributed by atoms with van der Waals surface area (Å²) in [7, 11) is 0. The van der Waals surface area contributed by atoms with Gasteiger partial charge in [0, 0.05) is 0 Å². The normalized spacial score (nSPS) is 12.7. The fourth-order valence-electron chi connectivity index (χ4n) is 2.39. The highest BCUT2D eigenvalue weighted by atomic mass is 19.3. The number of nitrogens with zero attached hydrogens (tertiary/aromatic N) is 1. The molecule has 2 nitrogen and oxygen atoms in total. The van der Waals surface area contributed by atoms with Gasteiger partial charge in [-0.25, -0.2) is 4.39 Å². The van der Waals surface area contributed by atoms with E-state index in [-0.39, 0.29) is 16.7 Å². The van der Waals surface area contributed by atoms with Gasteiger partial charge in [-0.2, -0.15) is 14.0 Å². The molecule has 1 atom stereocenters. The maximum Gasteiger partial charge on any atom is 0.383 e. The Hall–Kier alpha value is -2.32. The molecular formula is C19H18F3NO. The highest BCUT2D eigenvalue weighted by Gasteiger charge is 2.35. The summed E-state index contributed by atoms with van der Waals surface area (Å²) in [4.78, 5) is 0. The largest absolute Gasteiger partial charge is 0.383 e. The van der Waals surface area contributed by atoms with Crippen molar-refractivity contribution in [3.8, 4) is 6.07 Å². The lowest BCUT2D eigenvalue weighted by atomic mass is 10.1. The zero-order valence-corrected chi connectivity index (χ0v) is 13.5. The van der Waals surface area contributed by atoms with Crippen molar-refractivity contribution in [2.75, 3.05) is 0 Å². The molecule has 2 aromatic carbocycles. The van der Waals surface area contributed by atoms with Crippen molar-refractivity contribution in [2.24, 2.45) is 0 Å². The van der Waals surface area contributed by atoms with Crippen molar-refractivity contribution in [3.05, 3.63) is 70.5 Å². The lowest BCUT2D eigenvalue weighted by Gasteiger charge is -2.22. The van der Waals surface area contributed by atoms with E-state index in [1.807, 2.05) is 6.92 Å². The van der Waals surface area contributed by atoms with E-state index in [2.05, 4.69) is 0 Å². The molecule has 0 heterocycles. The summed E-state index contributed by atoms with van der Waals surface area (Å²) in [5.41, 5.74) is 0.848. The van der Waals surface area contributed by atoms with Gasteiger partial charge in [-0.15, -0.1) is 0 Å². The summed E-state index contributed by atoms with van der Waals surface area (Å²) in [5.74, 6) is -0.752. The highest BCUT2D eigenvalue weighted by molar-refractivity contribution is 5.34. The Balaban J connectivity index is 2.15. The van der Waals surface area contributed by atoms with Gasteiger partial charge in [0.2, 0.25) is 0 Å². The maximum absolute atomic E-state index is 14.3. The molecule has 0 aromatic heterocycles. The van der Waals surface area contributed by atoms with Crippen LogP contribution in [0.25, 0.3) is 0 Å². The molecule has 0 aliphatic heterocycles. The van der Waals surface area contributed by atoms with Gasteiger partial charge in [0.15, 0.2) is 0 Å². The Morgan fingerprint density at radius 1 is 1.17 bits per heavy atom. The van der Waals surface area contributed by atoms with Crippen LogP contribution >= 0.6 is 0 Å². The molecule has 0 bridgehead atoms. The van der Waals surface area contributed by atoms with Crippen molar-refractivity contribution >= 4 is 0 Å². The first kappa shape index (κ1) is 18.0. The average molecular weight is 333 g/mol. The number of aryl methyl sites for hydroxylation is 1. The van der Waals surface area contributed by atoms with Gasteiger partial charge in [0.05, 0.1) is 17.2 Å². The van der Waals surface area contributed by atoms with E-state index in [1.54, 1.807) is 18.2 Å². The first-order chi connectivity index (χ1) is 11.4. The minimum Gasteiger partial charge on any atom is -0.309 e. The van der Waals surface area contributed by atoms with Gasteiger partial charge in [-0.1, -0.05) is 43.7 Å². The molecular weight excluding hydrogens is 315 g/mol. The highest BCUT2D eigenvalue weighted by Crippen LogP contribution is 2.35. The molecule has 5 heteroatoms. The van der Waals surface area contributed by atoms with E-state index in [4.69, 9.17) is 10.00 Å². The summed E-state index contributed by atoms with van der Waals surface area (Å²) in [6.45, 7) is 3.43. The van der Waals surface area contributed by atoms with E-state index in [1.165, 1.54) is 31.2 Å². The minimum atomic E-state index is -3.49. The van der Waals surface area contributed by atoms with Gasteiger partial charge >= 0.3 is 6.11 Å². The lowest BCUT2D eigenvalue weighted by Crippen LogP contribution is -2.20. The van der Waals surface area contributed by atoms with Crippen LogP contribution in [0, 0.1) is 17.1 Å². The molecule has 0 spiro atoms. The second-order valence-corrected chi connectivity index (χ2v) is 5.57. The van der Waals surface area contributed by atoms with Crippen LogP contribution in [0.1, 0.15) is 48.6 Å². The zero-order chi connectivity index (χ0) is 17.7. The van der Waals surface area contributed by atoms with Crippen LogP contribution in [0.15, 0.2) is 42.5 Å². The van der Waals surface area contributed by atoms with Crippen molar-refractivity contribution in [1.29, 1.82) is 5.26 Å². The Labute approximate surface area is 139 Å². The molecule has 24 heavy (non-hydrogen) atoms. The number of rotatable bonds is 6. The number of benzene rings is 2. The van der Waals surface area contributed by atoms with Crippen LogP contribution in [0.5, 0.6) is 0 Å². The van der Waals surface area contributed by atoms with Gasteiger partial charge < -0.3 is 4.74 Å². The van der Waals surface area contributed by atoms with E-state index < -0.39 is 18.0 Å². The van der Waals surface area contributed by atoms with Crippen LogP contribution in [-0.2, 0) is 17.3 Å². The Morgan fingerprint density at radius 2 is 1.83 bits per heavy atom. The van der Waals surface area contributed by atoms with Crippen molar-refractivity contribution in [2.45, 2.75) is 38.9 Å². The smallest absolute Gasteiger partial charge is 0.309 e. The molecule has 1 unspecified atom stereocenters. The molecule has 126 valence electrons. The van der Waals surface area contributed by atoms with Crippen LogP contribution in [0.3, 0.4) is 0 Å². The topological polar surface area (TPSA) is 33.0 Å². The molecule has 0 amide bonds. The number of hydrogen-bond donors (Lipinski definition) is 0. The van der Waals surface area contributed by atoms with Gasteiger partial charge in [-0.3, -0.25) is 0 Å². The number of ether oxygens (including phenoxy) is 1. The maximum atomic E-state index is 14.3. The van der Waals surface area contributed by atoms with Crippen LogP contribution in [-0.4, -0.2) is 0 Å². The van der Waals surface area contributed by atoms with Gasteiger partial charge in [0.1, 0.15) is 11.9 Å². The molecule has 0 radical (unpaired) electrons. The first-order valence-corrected chi connectivity index (χ1v) is 7.72. The molecule has 0 aliphatic rings. The average Bonchev–Trinajstić information content (AvgIpc) is 2.55. The molecule has 0 saturated heterocycles.